The van der Waals surface area contributed by atoms with E-state index in [1.54, 1.807) is 4.90 Å². The SMILES string of the molecule is CCCN(CCN=C(NCC)NC(C)CCS(C)(=O)=O)C(=O)OC(C)(C)C.I. The number of sulfone groups is 1. The van der Waals surface area contributed by atoms with Crippen molar-refractivity contribution < 1.29 is 17.9 Å². The molecular formula is C18H39IN4O4S. The highest BCUT2D eigenvalue weighted by atomic mass is 127. The summed E-state index contributed by atoms with van der Waals surface area (Å²) in [6.45, 7) is 13.6. The highest BCUT2D eigenvalue weighted by molar-refractivity contribution is 14.0. The van der Waals surface area contributed by atoms with Crippen LogP contribution in [0.25, 0.3) is 0 Å². The Labute approximate surface area is 188 Å². The molecule has 1 amide bonds. The van der Waals surface area contributed by atoms with E-state index in [-0.39, 0.29) is 41.9 Å². The van der Waals surface area contributed by atoms with Crippen molar-refractivity contribution in [3.63, 3.8) is 0 Å². The van der Waals surface area contributed by atoms with Crippen LogP contribution in [0.2, 0.25) is 0 Å². The van der Waals surface area contributed by atoms with Crippen molar-refractivity contribution in [2.24, 2.45) is 4.99 Å². The Kier molecular flexibility index (Phi) is 15.0. The number of halogens is 1. The van der Waals surface area contributed by atoms with E-state index < -0.39 is 15.4 Å². The summed E-state index contributed by atoms with van der Waals surface area (Å²) < 4.78 is 28.0. The van der Waals surface area contributed by atoms with Gasteiger partial charge in [-0.3, -0.25) is 4.99 Å². The predicted octanol–water partition coefficient (Wildman–Crippen LogP) is 2.63. The average molecular weight is 535 g/mol. The van der Waals surface area contributed by atoms with Crippen molar-refractivity contribution in [3.05, 3.63) is 0 Å². The number of hydrogen-bond donors (Lipinski definition) is 2. The van der Waals surface area contributed by atoms with Crippen LogP contribution in [0.3, 0.4) is 0 Å². The van der Waals surface area contributed by atoms with Crippen LogP contribution in [0.1, 0.15) is 54.4 Å². The maximum Gasteiger partial charge on any atom is 0.410 e. The molecule has 28 heavy (non-hydrogen) atoms. The number of carbonyl (C=O) groups is 1. The fraction of sp³-hybridized carbons (Fsp3) is 0.889. The standard InChI is InChI=1S/C18H38N4O4S.HI/c1-8-12-22(17(23)26-18(4,5)6)13-11-20-16(19-9-2)21-15(3)10-14-27(7,24)25;/h15H,8-14H2,1-7H3,(H2,19,20,21);1H. The van der Waals surface area contributed by atoms with Gasteiger partial charge in [0, 0.05) is 31.9 Å². The number of nitrogens with one attached hydrogen (secondary N) is 2. The summed E-state index contributed by atoms with van der Waals surface area (Å²) in [4.78, 5) is 18.4. The molecule has 10 heteroatoms. The molecule has 0 aliphatic heterocycles. The van der Waals surface area contributed by atoms with Crippen LogP contribution in [-0.2, 0) is 14.6 Å². The van der Waals surface area contributed by atoms with Crippen molar-refractivity contribution in [3.8, 4) is 0 Å². The maximum absolute atomic E-state index is 12.3. The van der Waals surface area contributed by atoms with Crippen molar-refractivity contribution in [2.75, 3.05) is 38.2 Å². The largest absolute Gasteiger partial charge is 0.444 e. The number of hydrogen-bond acceptors (Lipinski definition) is 5. The Hall–Kier alpha value is -0.780. The zero-order valence-corrected chi connectivity index (χ0v) is 21.5. The molecule has 0 saturated heterocycles. The lowest BCUT2D eigenvalue weighted by atomic mass is 10.2. The Morgan fingerprint density at radius 2 is 1.82 bits per heavy atom. The molecule has 1 unspecified atom stereocenters. The molecule has 0 spiro atoms. The third-order valence-corrected chi connectivity index (χ3v) is 4.41. The van der Waals surface area contributed by atoms with E-state index in [1.165, 1.54) is 6.26 Å². The molecular weight excluding hydrogens is 495 g/mol. The Bertz CT molecular complexity index is 577. The second kappa shape index (κ2) is 14.2. The minimum Gasteiger partial charge on any atom is -0.444 e. The van der Waals surface area contributed by atoms with Crippen LogP contribution in [0, 0.1) is 0 Å². The predicted molar refractivity (Wildman–Crippen MR) is 126 cm³/mol. The van der Waals surface area contributed by atoms with Crippen molar-refractivity contribution in [2.45, 2.75) is 66.0 Å². The van der Waals surface area contributed by atoms with Gasteiger partial charge in [-0.05, 0) is 47.5 Å². The topological polar surface area (TPSA) is 100 Å². The lowest BCUT2D eigenvalue weighted by Gasteiger charge is -2.27. The minimum atomic E-state index is -2.98. The van der Waals surface area contributed by atoms with Gasteiger partial charge in [-0.15, -0.1) is 24.0 Å². The number of ether oxygens (including phenoxy) is 1. The molecule has 0 aromatic heterocycles. The van der Waals surface area contributed by atoms with Gasteiger partial charge in [0.05, 0.1) is 12.3 Å². The molecule has 0 heterocycles. The summed E-state index contributed by atoms with van der Waals surface area (Å²) in [7, 11) is -2.98. The van der Waals surface area contributed by atoms with Crippen LogP contribution in [-0.4, -0.2) is 75.2 Å². The van der Waals surface area contributed by atoms with Gasteiger partial charge in [-0.2, -0.15) is 0 Å². The van der Waals surface area contributed by atoms with Crippen molar-refractivity contribution in [1.82, 2.24) is 15.5 Å². The quantitative estimate of drug-likeness (QED) is 0.254. The Morgan fingerprint density at radius 1 is 1.21 bits per heavy atom. The molecule has 0 saturated carbocycles. The van der Waals surface area contributed by atoms with E-state index in [4.69, 9.17) is 4.74 Å². The molecule has 0 aromatic carbocycles. The zero-order chi connectivity index (χ0) is 21.1. The molecule has 0 rings (SSSR count). The second-order valence-corrected chi connectivity index (χ2v) is 9.95. The van der Waals surface area contributed by atoms with Gasteiger partial charge in [0.1, 0.15) is 15.4 Å². The van der Waals surface area contributed by atoms with Crippen LogP contribution >= 0.6 is 24.0 Å². The third-order valence-electron chi connectivity index (χ3n) is 3.43. The number of amides is 1. The molecule has 0 bridgehead atoms. The molecule has 2 N–H and O–H groups in total. The summed E-state index contributed by atoms with van der Waals surface area (Å²) in [6, 6.07) is -0.0323. The monoisotopic (exact) mass is 534 g/mol. The smallest absolute Gasteiger partial charge is 0.410 e. The van der Waals surface area contributed by atoms with E-state index in [2.05, 4.69) is 15.6 Å². The van der Waals surface area contributed by atoms with Crippen LogP contribution in [0.4, 0.5) is 4.79 Å². The molecule has 0 aliphatic carbocycles. The van der Waals surface area contributed by atoms with Gasteiger partial charge in [0.2, 0.25) is 0 Å². The second-order valence-electron chi connectivity index (χ2n) is 7.69. The number of rotatable bonds is 10. The fourth-order valence-electron chi connectivity index (χ4n) is 2.19. The third kappa shape index (κ3) is 16.2. The highest BCUT2D eigenvalue weighted by Crippen LogP contribution is 2.10. The lowest BCUT2D eigenvalue weighted by molar-refractivity contribution is 0.0256. The van der Waals surface area contributed by atoms with E-state index in [0.717, 1.165) is 6.42 Å². The highest BCUT2D eigenvalue weighted by Gasteiger charge is 2.21. The number of aliphatic imine (C=N–C) groups is 1. The summed E-state index contributed by atoms with van der Waals surface area (Å²) >= 11 is 0. The summed E-state index contributed by atoms with van der Waals surface area (Å²) in [5.41, 5.74) is -0.530. The fourth-order valence-corrected chi connectivity index (χ4v) is 2.97. The van der Waals surface area contributed by atoms with Gasteiger partial charge in [0.25, 0.3) is 0 Å². The van der Waals surface area contributed by atoms with Gasteiger partial charge in [-0.25, -0.2) is 13.2 Å². The zero-order valence-electron chi connectivity index (χ0n) is 18.4. The van der Waals surface area contributed by atoms with E-state index in [9.17, 15) is 13.2 Å². The van der Waals surface area contributed by atoms with E-state index in [1.807, 2.05) is 41.5 Å². The lowest BCUT2D eigenvalue weighted by Crippen LogP contribution is -2.43. The minimum absolute atomic E-state index is 0. The van der Waals surface area contributed by atoms with Gasteiger partial charge >= 0.3 is 6.09 Å². The molecule has 0 aliphatic rings. The van der Waals surface area contributed by atoms with Gasteiger partial charge < -0.3 is 20.3 Å². The number of nitrogens with zero attached hydrogens (tertiary/aromatic N) is 2. The summed E-state index contributed by atoms with van der Waals surface area (Å²) in [5.74, 6) is 0.739. The van der Waals surface area contributed by atoms with Crippen LogP contribution < -0.4 is 10.6 Å². The first kappa shape index (κ1) is 29.4. The van der Waals surface area contributed by atoms with Crippen LogP contribution in [0.5, 0.6) is 0 Å². The van der Waals surface area contributed by atoms with Crippen molar-refractivity contribution in [1.29, 1.82) is 0 Å². The molecule has 168 valence electrons. The number of guanidine groups is 1. The van der Waals surface area contributed by atoms with E-state index in [0.29, 0.717) is 38.6 Å². The van der Waals surface area contributed by atoms with Crippen molar-refractivity contribution >= 4 is 45.9 Å². The molecule has 8 nitrogen and oxygen atoms in total. The van der Waals surface area contributed by atoms with Gasteiger partial charge in [-0.1, -0.05) is 6.92 Å². The summed E-state index contributed by atoms with van der Waals surface area (Å²) in [5, 5.41) is 6.34. The van der Waals surface area contributed by atoms with Crippen LogP contribution in [0.15, 0.2) is 4.99 Å². The molecule has 0 radical (unpaired) electrons. The normalized spacial score (nSPS) is 13.3. The summed E-state index contributed by atoms with van der Waals surface area (Å²) in [6.07, 6.45) is 2.24. The first-order chi connectivity index (χ1) is 12.4. The number of carbonyl (C=O) groups excluding carboxylic acids is 1. The first-order valence-corrected chi connectivity index (χ1v) is 11.6. The Balaban J connectivity index is 0. The average Bonchev–Trinajstić information content (AvgIpc) is 2.50. The van der Waals surface area contributed by atoms with Gasteiger partial charge in [0.15, 0.2) is 5.96 Å². The molecule has 0 fully saturated rings. The van der Waals surface area contributed by atoms with E-state index >= 15 is 0 Å². The molecule has 0 aromatic rings. The maximum atomic E-state index is 12.3. The molecule has 1 atom stereocenters. The Morgan fingerprint density at radius 3 is 2.29 bits per heavy atom. The first-order valence-electron chi connectivity index (χ1n) is 9.58.